The van der Waals surface area contributed by atoms with Gasteiger partial charge in [-0.15, -0.1) is 0 Å². The minimum absolute atomic E-state index is 0.0168. The van der Waals surface area contributed by atoms with Crippen LogP contribution in [-0.2, 0) is 11.0 Å². The predicted molar refractivity (Wildman–Crippen MR) is 75.6 cm³/mol. The molecule has 0 aromatic heterocycles. The number of aliphatic carboxylic acids is 1. The second-order valence-corrected chi connectivity index (χ2v) is 5.37. The lowest BCUT2D eigenvalue weighted by atomic mass is 9.83. The molecule has 0 amide bonds. The number of aliphatic hydroxyl groups excluding tert-OH is 2. The third-order valence-electron chi connectivity index (χ3n) is 3.51. The van der Waals surface area contributed by atoms with Gasteiger partial charge < -0.3 is 20.4 Å². The van der Waals surface area contributed by atoms with Gasteiger partial charge in [-0.3, -0.25) is 0 Å². The fourth-order valence-electron chi connectivity index (χ4n) is 2.22. The number of benzene rings is 1. The van der Waals surface area contributed by atoms with Crippen LogP contribution in [0.2, 0.25) is 0 Å². The van der Waals surface area contributed by atoms with Gasteiger partial charge in [-0.25, -0.2) is 4.79 Å². The third-order valence-corrected chi connectivity index (χ3v) is 3.51. The topological polar surface area (TPSA) is 98.0 Å². The van der Waals surface area contributed by atoms with Crippen LogP contribution in [0.1, 0.15) is 17.5 Å². The lowest BCUT2D eigenvalue weighted by Gasteiger charge is -2.31. The maximum Gasteiger partial charge on any atom is 0.416 e. The third kappa shape index (κ3) is 3.76. The van der Waals surface area contributed by atoms with Crippen molar-refractivity contribution in [3.8, 4) is 11.8 Å². The molecule has 0 saturated carbocycles. The zero-order valence-electron chi connectivity index (χ0n) is 12.1. The van der Waals surface area contributed by atoms with E-state index in [1.54, 1.807) is 0 Å². The van der Waals surface area contributed by atoms with E-state index in [1.807, 2.05) is 0 Å². The Bertz CT molecular complexity index is 744. The summed E-state index contributed by atoms with van der Waals surface area (Å²) in [6.07, 6.45) is -7.49. The van der Waals surface area contributed by atoms with Crippen molar-refractivity contribution in [2.24, 2.45) is 0 Å². The quantitative estimate of drug-likeness (QED) is 0.569. The molecular weight excluding hydrogens is 329 g/mol. The first kappa shape index (κ1) is 18.0. The van der Waals surface area contributed by atoms with Crippen LogP contribution in [0.25, 0.3) is 0 Å². The van der Waals surface area contributed by atoms with Crippen LogP contribution in [-0.4, -0.2) is 44.2 Å². The van der Waals surface area contributed by atoms with E-state index in [0.717, 1.165) is 24.3 Å². The van der Waals surface area contributed by atoms with Crippen LogP contribution < -0.4 is 0 Å². The zero-order chi connectivity index (χ0) is 18.1. The number of alkyl halides is 3. The van der Waals surface area contributed by atoms with E-state index in [-0.39, 0.29) is 11.1 Å². The second-order valence-electron chi connectivity index (χ2n) is 5.37. The van der Waals surface area contributed by atoms with Crippen molar-refractivity contribution in [3.05, 3.63) is 47.0 Å². The molecule has 8 heteroatoms. The van der Waals surface area contributed by atoms with Gasteiger partial charge in [0.05, 0.1) is 11.7 Å². The minimum atomic E-state index is -4.54. The molecule has 0 heterocycles. The van der Waals surface area contributed by atoms with Crippen molar-refractivity contribution in [1.82, 2.24) is 0 Å². The van der Waals surface area contributed by atoms with Crippen molar-refractivity contribution in [2.75, 3.05) is 0 Å². The summed E-state index contributed by atoms with van der Waals surface area (Å²) in [5.74, 6) is 3.05. The Labute approximate surface area is 134 Å². The number of carbonyl (C=O) groups is 1. The Morgan fingerprint density at radius 2 is 1.92 bits per heavy atom. The summed E-state index contributed by atoms with van der Waals surface area (Å²) in [6.45, 7) is 0. The molecule has 0 aliphatic heterocycles. The lowest BCUT2D eigenvalue weighted by Crippen LogP contribution is -2.47. The first-order chi connectivity index (χ1) is 11.0. The molecule has 5 nitrogen and oxygen atoms in total. The summed E-state index contributed by atoms with van der Waals surface area (Å²) in [6, 6.07) is 4.12. The standard InChI is InChI=1S/C16H13F3O5/c17-16(18,19)11-3-1-2-9(6-11)4-5-10-7-15(24,14(22)23)8-12(20)13(10)21/h1-3,6-7,12-13,20-21,24H,8H2,(H,22,23)/t12-,13-,15+/m1/s1. The van der Waals surface area contributed by atoms with Crippen molar-refractivity contribution in [1.29, 1.82) is 0 Å². The number of carboxylic acid groups (broad SMARTS) is 1. The smallest absolute Gasteiger partial charge is 0.416 e. The number of carboxylic acids is 1. The normalized spacial score (nSPS) is 27.0. The van der Waals surface area contributed by atoms with E-state index in [0.29, 0.717) is 0 Å². The van der Waals surface area contributed by atoms with E-state index >= 15 is 0 Å². The molecule has 0 bridgehead atoms. The van der Waals surface area contributed by atoms with Crippen molar-refractivity contribution in [3.63, 3.8) is 0 Å². The van der Waals surface area contributed by atoms with Crippen LogP contribution in [0.4, 0.5) is 13.2 Å². The highest BCUT2D eigenvalue weighted by Gasteiger charge is 2.43. The van der Waals surface area contributed by atoms with Crippen LogP contribution in [0.15, 0.2) is 35.9 Å². The summed E-state index contributed by atoms with van der Waals surface area (Å²) in [5, 5.41) is 38.3. The molecule has 3 atom stereocenters. The average molecular weight is 342 g/mol. The molecule has 1 aliphatic carbocycles. The first-order valence-corrected chi connectivity index (χ1v) is 6.77. The number of hydrogen-bond acceptors (Lipinski definition) is 4. The molecular formula is C16H13F3O5. The maximum atomic E-state index is 12.6. The summed E-state index contributed by atoms with van der Waals surface area (Å²) >= 11 is 0. The van der Waals surface area contributed by atoms with Crippen molar-refractivity contribution < 1.29 is 38.4 Å². The molecule has 1 aliphatic rings. The summed E-state index contributed by atoms with van der Waals surface area (Å²) in [4.78, 5) is 11.0. The Morgan fingerprint density at radius 1 is 1.25 bits per heavy atom. The van der Waals surface area contributed by atoms with Gasteiger partial charge in [-0.05, 0) is 24.3 Å². The monoisotopic (exact) mass is 342 g/mol. The highest BCUT2D eigenvalue weighted by molar-refractivity contribution is 5.81. The van der Waals surface area contributed by atoms with Gasteiger partial charge >= 0.3 is 12.1 Å². The van der Waals surface area contributed by atoms with E-state index < -0.39 is 41.9 Å². The largest absolute Gasteiger partial charge is 0.479 e. The first-order valence-electron chi connectivity index (χ1n) is 6.77. The van der Waals surface area contributed by atoms with Crippen LogP contribution >= 0.6 is 0 Å². The van der Waals surface area contributed by atoms with Gasteiger partial charge in [0.1, 0.15) is 6.10 Å². The Morgan fingerprint density at radius 3 is 2.50 bits per heavy atom. The summed E-state index contributed by atoms with van der Waals surface area (Å²) in [7, 11) is 0. The molecule has 1 aromatic rings. The fraction of sp³-hybridized carbons (Fsp3) is 0.312. The summed E-state index contributed by atoms with van der Waals surface area (Å²) in [5.41, 5.74) is -3.61. The Balaban J connectivity index is 2.38. The molecule has 4 N–H and O–H groups in total. The predicted octanol–water partition coefficient (Wildman–Crippen LogP) is 0.925. The number of aliphatic hydroxyl groups is 3. The highest BCUT2D eigenvalue weighted by atomic mass is 19.4. The molecule has 0 spiro atoms. The Kier molecular flexibility index (Phi) is 4.71. The average Bonchev–Trinajstić information content (AvgIpc) is 2.49. The number of rotatable bonds is 1. The Hall–Kier alpha value is -2.34. The maximum absolute atomic E-state index is 12.6. The van der Waals surface area contributed by atoms with Gasteiger partial charge in [-0.2, -0.15) is 13.2 Å². The molecule has 1 aromatic carbocycles. The van der Waals surface area contributed by atoms with Crippen molar-refractivity contribution in [2.45, 2.75) is 30.4 Å². The SMILES string of the molecule is O=C(O)[C@]1(O)C=C(C#Cc2cccc(C(F)(F)F)c2)[C@@H](O)[C@H](O)C1. The molecule has 0 saturated heterocycles. The van der Waals surface area contributed by atoms with Gasteiger partial charge in [-0.1, -0.05) is 17.9 Å². The van der Waals surface area contributed by atoms with Gasteiger partial charge in [0, 0.05) is 17.6 Å². The van der Waals surface area contributed by atoms with Gasteiger partial charge in [0.2, 0.25) is 0 Å². The molecule has 2 rings (SSSR count). The molecule has 0 radical (unpaired) electrons. The second kappa shape index (κ2) is 6.28. The number of halogens is 3. The van der Waals surface area contributed by atoms with Crippen molar-refractivity contribution >= 4 is 5.97 Å². The molecule has 0 unspecified atom stereocenters. The molecule has 128 valence electrons. The lowest BCUT2D eigenvalue weighted by molar-refractivity contribution is -0.158. The number of hydrogen-bond donors (Lipinski definition) is 4. The van der Waals surface area contributed by atoms with Gasteiger partial charge in [0.25, 0.3) is 0 Å². The van der Waals surface area contributed by atoms with Gasteiger partial charge in [0.15, 0.2) is 5.60 Å². The van der Waals surface area contributed by atoms with Crippen LogP contribution in [0, 0.1) is 11.8 Å². The molecule has 24 heavy (non-hydrogen) atoms. The van der Waals surface area contributed by atoms with E-state index in [2.05, 4.69) is 11.8 Å². The minimum Gasteiger partial charge on any atom is -0.479 e. The summed E-state index contributed by atoms with van der Waals surface area (Å²) < 4.78 is 37.9. The zero-order valence-corrected chi connectivity index (χ0v) is 12.1. The van der Waals surface area contributed by atoms with Crippen LogP contribution in [0.3, 0.4) is 0 Å². The van der Waals surface area contributed by atoms with E-state index in [9.17, 15) is 33.3 Å². The van der Waals surface area contributed by atoms with E-state index in [1.165, 1.54) is 6.07 Å². The molecule has 0 fully saturated rings. The highest BCUT2D eigenvalue weighted by Crippen LogP contribution is 2.30. The van der Waals surface area contributed by atoms with Crippen LogP contribution in [0.5, 0.6) is 0 Å². The fourth-order valence-corrected chi connectivity index (χ4v) is 2.22. The van der Waals surface area contributed by atoms with E-state index in [4.69, 9.17) is 5.11 Å².